The summed E-state index contributed by atoms with van der Waals surface area (Å²) in [6, 6.07) is 0. The second-order valence-corrected chi connectivity index (χ2v) is 7.37. The van der Waals surface area contributed by atoms with Gasteiger partial charge in [0, 0.05) is 19.6 Å². The number of aromatic nitrogens is 1. The Balaban J connectivity index is 3.66. The Bertz CT molecular complexity index is 413. The largest absolute Gasteiger partial charge is 0.332 e. The van der Waals surface area contributed by atoms with Crippen LogP contribution in [-0.2, 0) is 28.6 Å². The Morgan fingerprint density at radius 1 is 0.938 bits per heavy atom. The Morgan fingerprint density at radius 3 is 1.44 bits per heavy atom. The molecule has 0 spiro atoms. The van der Waals surface area contributed by atoms with E-state index in [4.69, 9.17) is 0 Å². The summed E-state index contributed by atoms with van der Waals surface area (Å²) < 4.78 is 25.5. The van der Waals surface area contributed by atoms with Crippen molar-refractivity contribution < 1.29 is 8.42 Å². The van der Waals surface area contributed by atoms with E-state index in [0.29, 0.717) is 0 Å². The van der Waals surface area contributed by atoms with E-state index in [-0.39, 0.29) is 0 Å². The van der Waals surface area contributed by atoms with Crippen LogP contribution in [-0.4, -0.2) is 38.0 Å². The van der Waals surface area contributed by atoms with Crippen molar-refractivity contribution in [2.75, 3.05) is 25.0 Å². The molecule has 0 radical (unpaired) electrons. The van der Waals surface area contributed by atoms with Crippen molar-refractivity contribution in [3.05, 3.63) is 0 Å². The Hall–Kier alpha value is 0.280. The molecule has 1 heterocycles. The molecular formula is C9H15NO2S4. The fourth-order valence-electron chi connectivity index (χ4n) is 1.56. The first kappa shape index (κ1) is 14.3. The zero-order valence-electron chi connectivity index (χ0n) is 9.90. The molecule has 92 valence electrons. The molecule has 3 nitrogen and oxygen atoms in total. The van der Waals surface area contributed by atoms with Gasteiger partial charge < -0.3 is 4.57 Å². The van der Waals surface area contributed by atoms with E-state index in [1.165, 1.54) is 0 Å². The maximum atomic E-state index is 11.8. The first-order valence-electron chi connectivity index (χ1n) is 4.43. The molecule has 1 rings (SSSR count). The number of nitrogens with zero attached hydrogens (tertiary/aromatic N) is 1. The van der Waals surface area contributed by atoms with Crippen molar-refractivity contribution in [2.45, 2.75) is 19.8 Å². The number of hydrogen-bond acceptors (Lipinski definition) is 4. The average Bonchev–Trinajstić information content (AvgIpc) is 2.50. The molecule has 0 aliphatic heterocycles. The lowest BCUT2D eigenvalue weighted by Crippen LogP contribution is -1.96. The molecule has 1 aromatic rings. The first-order chi connectivity index (χ1) is 7.45. The monoisotopic (exact) mass is 297 g/mol. The smallest absolute Gasteiger partial charge is 0.0928 e. The fourth-order valence-corrected chi connectivity index (χ4v) is 6.44. The molecule has 0 amide bonds. The molecular weight excluding hydrogens is 282 g/mol. The van der Waals surface area contributed by atoms with Gasteiger partial charge in [-0.15, -0.1) is 23.5 Å². The van der Waals surface area contributed by atoms with Crippen LogP contribution in [0, 0.1) is 0 Å². The zero-order valence-corrected chi connectivity index (χ0v) is 13.2. The van der Waals surface area contributed by atoms with E-state index in [9.17, 15) is 8.42 Å². The number of hydrogen-bond donors (Lipinski definition) is 0. The summed E-state index contributed by atoms with van der Waals surface area (Å²) in [5, 5.41) is 1.88. The summed E-state index contributed by atoms with van der Waals surface area (Å²) in [4.78, 5) is 1.44. The summed E-state index contributed by atoms with van der Waals surface area (Å²) in [6.07, 6.45) is 7.15. The number of rotatable bonds is 4. The standard InChI is InChI=1S/C9H15NO2S4/c1-10-8(13-2)6(15(4)11)7(16(5)12)9(10)14-3/h1-5H3. The molecule has 1 aromatic heterocycles. The van der Waals surface area contributed by atoms with Gasteiger partial charge in [-0.2, -0.15) is 0 Å². The van der Waals surface area contributed by atoms with Gasteiger partial charge in [0.05, 0.1) is 41.4 Å². The van der Waals surface area contributed by atoms with Crippen LogP contribution < -0.4 is 0 Å². The van der Waals surface area contributed by atoms with Gasteiger partial charge in [0.2, 0.25) is 0 Å². The van der Waals surface area contributed by atoms with Crippen molar-refractivity contribution in [1.82, 2.24) is 4.57 Å². The molecule has 2 unspecified atom stereocenters. The van der Waals surface area contributed by atoms with Crippen LogP contribution in [0.5, 0.6) is 0 Å². The van der Waals surface area contributed by atoms with Crippen LogP contribution in [0.1, 0.15) is 0 Å². The van der Waals surface area contributed by atoms with Gasteiger partial charge in [0.25, 0.3) is 0 Å². The van der Waals surface area contributed by atoms with E-state index in [1.807, 2.05) is 24.1 Å². The van der Waals surface area contributed by atoms with Crippen LogP contribution in [0.15, 0.2) is 19.8 Å². The third kappa shape index (κ3) is 2.42. The second-order valence-electron chi connectivity index (χ2n) is 3.14. The lowest BCUT2D eigenvalue weighted by atomic mass is 10.6. The SMILES string of the molecule is CSc1c(S(C)=O)c(S(C)=O)c(SC)n1C. The van der Waals surface area contributed by atoms with Crippen molar-refractivity contribution in [1.29, 1.82) is 0 Å². The summed E-state index contributed by atoms with van der Waals surface area (Å²) in [5.41, 5.74) is 0. The van der Waals surface area contributed by atoms with E-state index >= 15 is 0 Å². The van der Waals surface area contributed by atoms with E-state index < -0.39 is 21.6 Å². The highest BCUT2D eigenvalue weighted by molar-refractivity contribution is 8.00. The topological polar surface area (TPSA) is 39.1 Å². The molecule has 7 heteroatoms. The molecule has 0 fully saturated rings. The van der Waals surface area contributed by atoms with Gasteiger partial charge in [-0.3, -0.25) is 8.42 Å². The average molecular weight is 297 g/mol. The quantitative estimate of drug-likeness (QED) is 0.796. The van der Waals surface area contributed by atoms with E-state index in [2.05, 4.69) is 0 Å². The molecule has 16 heavy (non-hydrogen) atoms. The van der Waals surface area contributed by atoms with Gasteiger partial charge in [-0.1, -0.05) is 0 Å². The lowest BCUT2D eigenvalue weighted by molar-refractivity contribution is 0.676. The lowest BCUT2D eigenvalue weighted by Gasteiger charge is -2.03. The van der Waals surface area contributed by atoms with Crippen LogP contribution >= 0.6 is 23.5 Å². The Morgan fingerprint density at radius 2 is 1.25 bits per heavy atom. The maximum absolute atomic E-state index is 11.8. The molecule has 0 aromatic carbocycles. The van der Waals surface area contributed by atoms with Crippen LogP contribution in [0.2, 0.25) is 0 Å². The third-order valence-corrected chi connectivity index (χ3v) is 6.23. The fraction of sp³-hybridized carbons (Fsp3) is 0.556. The minimum atomic E-state index is -1.11. The normalized spacial score (nSPS) is 15.1. The highest BCUT2D eigenvalue weighted by Crippen LogP contribution is 2.37. The Labute approximate surface area is 110 Å². The van der Waals surface area contributed by atoms with Crippen molar-refractivity contribution >= 4 is 45.1 Å². The maximum Gasteiger partial charge on any atom is 0.0928 e. The van der Waals surface area contributed by atoms with Gasteiger partial charge >= 0.3 is 0 Å². The van der Waals surface area contributed by atoms with Crippen molar-refractivity contribution in [2.24, 2.45) is 7.05 Å². The molecule has 0 aliphatic rings. The van der Waals surface area contributed by atoms with Crippen molar-refractivity contribution in [3.8, 4) is 0 Å². The predicted molar refractivity (Wildman–Crippen MR) is 73.6 cm³/mol. The minimum Gasteiger partial charge on any atom is -0.332 e. The zero-order chi connectivity index (χ0) is 12.5. The van der Waals surface area contributed by atoms with Gasteiger partial charge in [-0.05, 0) is 12.5 Å². The van der Waals surface area contributed by atoms with Gasteiger partial charge in [-0.25, -0.2) is 0 Å². The summed E-state index contributed by atoms with van der Waals surface area (Å²) in [7, 11) is -0.302. The summed E-state index contributed by atoms with van der Waals surface area (Å²) in [5.74, 6) is 0. The minimum absolute atomic E-state index is 0.722. The highest BCUT2D eigenvalue weighted by Gasteiger charge is 2.24. The van der Waals surface area contributed by atoms with Crippen LogP contribution in [0.3, 0.4) is 0 Å². The predicted octanol–water partition coefficient (Wildman–Crippen LogP) is 1.94. The van der Waals surface area contributed by atoms with Gasteiger partial charge in [0.1, 0.15) is 0 Å². The second kappa shape index (κ2) is 5.75. The number of thioether (sulfide) groups is 2. The molecule has 0 aliphatic carbocycles. The summed E-state index contributed by atoms with van der Waals surface area (Å²) >= 11 is 3.08. The van der Waals surface area contributed by atoms with Crippen molar-refractivity contribution in [3.63, 3.8) is 0 Å². The molecule has 0 saturated heterocycles. The first-order valence-corrected chi connectivity index (χ1v) is 9.99. The molecule has 0 bridgehead atoms. The van der Waals surface area contributed by atoms with Gasteiger partial charge in [0.15, 0.2) is 0 Å². The summed E-state index contributed by atoms with van der Waals surface area (Å²) in [6.45, 7) is 0. The van der Waals surface area contributed by atoms with Crippen LogP contribution in [0.4, 0.5) is 0 Å². The third-order valence-electron chi connectivity index (χ3n) is 2.17. The van der Waals surface area contributed by atoms with E-state index in [1.54, 1.807) is 36.0 Å². The molecule has 2 atom stereocenters. The van der Waals surface area contributed by atoms with E-state index in [0.717, 1.165) is 19.8 Å². The molecule has 0 saturated carbocycles. The highest BCUT2D eigenvalue weighted by atomic mass is 32.2. The molecule has 0 N–H and O–H groups in total. The van der Waals surface area contributed by atoms with Crippen LogP contribution in [0.25, 0.3) is 0 Å². The Kier molecular flexibility index (Phi) is 5.15.